The molecule has 1 aliphatic heterocycles. The van der Waals surface area contributed by atoms with Gasteiger partial charge in [0.15, 0.2) is 0 Å². The van der Waals surface area contributed by atoms with Crippen molar-refractivity contribution in [1.29, 1.82) is 5.26 Å². The summed E-state index contributed by atoms with van der Waals surface area (Å²) in [4.78, 5) is 0. The fourth-order valence-corrected chi connectivity index (χ4v) is 2.38. The normalized spacial score (nSPS) is 27.7. The molecular formula is C15H20N2O. The lowest BCUT2D eigenvalue weighted by Crippen LogP contribution is -2.50. The fourth-order valence-electron chi connectivity index (χ4n) is 2.38. The standard InChI is InChI=1S/C15H20N2O/c1-2-14-10-15(12-16,8-9-18-14)17-11-13-6-4-3-5-7-13/h3-7,14,17H,2,8-11H2,1H3. The molecule has 18 heavy (non-hydrogen) atoms. The monoisotopic (exact) mass is 244 g/mol. The van der Waals surface area contributed by atoms with Gasteiger partial charge in [0.05, 0.1) is 12.2 Å². The molecular weight excluding hydrogens is 224 g/mol. The first-order valence-electron chi connectivity index (χ1n) is 6.60. The van der Waals surface area contributed by atoms with Crippen molar-refractivity contribution in [3.8, 4) is 6.07 Å². The van der Waals surface area contributed by atoms with E-state index in [4.69, 9.17) is 4.74 Å². The molecule has 0 amide bonds. The summed E-state index contributed by atoms with van der Waals surface area (Å²) in [6.07, 6.45) is 2.73. The van der Waals surface area contributed by atoms with E-state index in [-0.39, 0.29) is 6.10 Å². The van der Waals surface area contributed by atoms with Crippen LogP contribution in [0.1, 0.15) is 31.7 Å². The summed E-state index contributed by atoms with van der Waals surface area (Å²) in [7, 11) is 0. The molecule has 1 aromatic rings. The van der Waals surface area contributed by atoms with Crippen LogP contribution < -0.4 is 5.32 Å². The molecule has 1 N–H and O–H groups in total. The Labute approximate surface area is 109 Å². The van der Waals surface area contributed by atoms with Crippen molar-refractivity contribution >= 4 is 0 Å². The molecule has 1 fully saturated rings. The predicted octanol–water partition coefficient (Wildman–Crippen LogP) is 2.63. The quantitative estimate of drug-likeness (QED) is 0.885. The van der Waals surface area contributed by atoms with Gasteiger partial charge in [-0.3, -0.25) is 5.32 Å². The molecule has 96 valence electrons. The molecule has 2 rings (SSSR count). The summed E-state index contributed by atoms with van der Waals surface area (Å²) in [5.74, 6) is 0. The third-order valence-electron chi connectivity index (χ3n) is 3.60. The highest BCUT2D eigenvalue weighted by atomic mass is 16.5. The molecule has 2 atom stereocenters. The first-order valence-corrected chi connectivity index (χ1v) is 6.60. The van der Waals surface area contributed by atoms with Gasteiger partial charge in [-0.1, -0.05) is 37.3 Å². The minimum atomic E-state index is -0.422. The van der Waals surface area contributed by atoms with E-state index in [1.165, 1.54) is 5.56 Å². The van der Waals surface area contributed by atoms with Crippen molar-refractivity contribution in [2.24, 2.45) is 0 Å². The van der Waals surface area contributed by atoms with E-state index < -0.39 is 5.54 Å². The number of rotatable bonds is 4. The van der Waals surface area contributed by atoms with Gasteiger partial charge >= 0.3 is 0 Å². The number of benzene rings is 1. The van der Waals surface area contributed by atoms with Crippen molar-refractivity contribution in [3.63, 3.8) is 0 Å². The number of ether oxygens (including phenoxy) is 1. The van der Waals surface area contributed by atoms with Crippen LogP contribution in [-0.2, 0) is 11.3 Å². The molecule has 0 spiro atoms. The van der Waals surface area contributed by atoms with Crippen molar-refractivity contribution in [2.75, 3.05) is 6.61 Å². The van der Waals surface area contributed by atoms with Crippen molar-refractivity contribution < 1.29 is 4.74 Å². The molecule has 2 unspecified atom stereocenters. The van der Waals surface area contributed by atoms with Gasteiger partial charge in [0.2, 0.25) is 0 Å². The van der Waals surface area contributed by atoms with Gasteiger partial charge in [-0.15, -0.1) is 0 Å². The van der Waals surface area contributed by atoms with Gasteiger partial charge in [-0.25, -0.2) is 0 Å². The maximum absolute atomic E-state index is 9.46. The predicted molar refractivity (Wildman–Crippen MR) is 70.9 cm³/mol. The summed E-state index contributed by atoms with van der Waals surface area (Å²) in [5, 5.41) is 12.9. The van der Waals surface area contributed by atoms with Gasteiger partial charge in [0, 0.05) is 26.0 Å². The van der Waals surface area contributed by atoms with Gasteiger partial charge < -0.3 is 4.74 Å². The lowest BCUT2D eigenvalue weighted by molar-refractivity contribution is -0.0162. The highest BCUT2D eigenvalue weighted by molar-refractivity contribution is 5.17. The van der Waals surface area contributed by atoms with Crippen LogP contribution in [0.2, 0.25) is 0 Å². The second-order valence-electron chi connectivity index (χ2n) is 4.89. The zero-order valence-electron chi connectivity index (χ0n) is 10.9. The Balaban J connectivity index is 1.98. The number of nitriles is 1. The van der Waals surface area contributed by atoms with Crippen LogP contribution in [0.4, 0.5) is 0 Å². The maximum Gasteiger partial charge on any atom is 0.111 e. The van der Waals surface area contributed by atoms with E-state index in [1.807, 2.05) is 18.2 Å². The molecule has 0 aromatic heterocycles. The number of hydrogen-bond donors (Lipinski definition) is 1. The van der Waals surface area contributed by atoms with Crippen molar-refractivity contribution in [2.45, 2.75) is 44.4 Å². The van der Waals surface area contributed by atoms with Gasteiger partial charge in [-0.05, 0) is 12.0 Å². The maximum atomic E-state index is 9.46. The van der Waals surface area contributed by atoms with Crippen LogP contribution in [-0.4, -0.2) is 18.2 Å². The first-order chi connectivity index (χ1) is 8.78. The lowest BCUT2D eigenvalue weighted by atomic mass is 9.87. The third-order valence-corrected chi connectivity index (χ3v) is 3.60. The zero-order valence-corrected chi connectivity index (χ0v) is 10.9. The van der Waals surface area contributed by atoms with E-state index in [1.54, 1.807) is 0 Å². The SMILES string of the molecule is CCC1CC(C#N)(NCc2ccccc2)CCO1. The van der Waals surface area contributed by atoms with Crippen molar-refractivity contribution in [3.05, 3.63) is 35.9 Å². The van der Waals surface area contributed by atoms with E-state index in [9.17, 15) is 5.26 Å². The average molecular weight is 244 g/mol. The van der Waals surface area contributed by atoms with E-state index in [2.05, 4.69) is 30.4 Å². The Kier molecular flexibility index (Phi) is 4.35. The second-order valence-corrected chi connectivity index (χ2v) is 4.89. The molecule has 1 saturated heterocycles. The Morgan fingerprint density at radius 1 is 1.44 bits per heavy atom. The summed E-state index contributed by atoms with van der Waals surface area (Å²) in [5.41, 5.74) is 0.793. The largest absolute Gasteiger partial charge is 0.378 e. The van der Waals surface area contributed by atoms with Crippen LogP contribution in [0, 0.1) is 11.3 Å². The Morgan fingerprint density at radius 2 is 2.22 bits per heavy atom. The van der Waals surface area contributed by atoms with Crippen molar-refractivity contribution in [1.82, 2.24) is 5.32 Å². The van der Waals surface area contributed by atoms with E-state index in [0.29, 0.717) is 6.61 Å². The number of hydrogen-bond acceptors (Lipinski definition) is 3. The summed E-state index contributed by atoms with van der Waals surface area (Å²) >= 11 is 0. The Bertz CT molecular complexity index is 412. The van der Waals surface area contributed by atoms with Crippen LogP contribution >= 0.6 is 0 Å². The second kappa shape index (κ2) is 5.99. The van der Waals surface area contributed by atoms with Gasteiger partial charge in [0.25, 0.3) is 0 Å². The molecule has 3 heteroatoms. The summed E-state index contributed by atoms with van der Waals surface area (Å²) in [6, 6.07) is 12.7. The molecule has 3 nitrogen and oxygen atoms in total. The minimum absolute atomic E-state index is 0.210. The Morgan fingerprint density at radius 3 is 2.89 bits per heavy atom. The highest BCUT2D eigenvalue weighted by Gasteiger charge is 2.36. The average Bonchev–Trinajstić information content (AvgIpc) is 2.46. The zero-order chi connectivity index (χ0) is 12.8. The summed E-state index contributed by atoms with van der Waals surface area (Å²) in [6.45, 7) is 3.52. The molecule has 1 aliphatic rings. The topological polar surface area (TPSA) is 45.0 Å². The van der Waals surface area contributed by atoms with E-state index in [0.717, 1.165) is 25.8 Å². The summed E-state index contributed by atoms with van der Waals surface area (Å²) < 4.78 is 5.65. The Hall–Kier alpha value is -1.37. The van der Waals surface area contributed by atoms with Crippen LogP contribution in [0.5, 0.6) is 0 Å². The number of nitrogens with zero attached hydrogens (tertiary/aromatic N) is 1. The molecule has 1 heterocycles. The molecule has 0 radical (unpaired) electrons. The van der Waals surface area contributed by atoms with Crippen LogP contribution in [0.15, 0.2) is 30.3 Å². The third kappa shape index (κ3) is 3.10. The smallest absolute Gasteiger partial charge is 0.111 e. The number of nitrogens with one attached hydrogen (secondary N) is 1. The van der Waals surface area contributed by atoms with Gasteiger partial charge in [-0.2, -0.15) is 5.26 Å². The fraction of sp³-hybridized carbons (Fsp3) is 0.533. The molecule has 0 bridgehead atoms. The highest BCUT2D eigenvalue weighted by Crippen LogP contribution is 2.26. The molecule has 1 aromatic carbocycles. The van der Waals surface area contributed by atoms with Crippen LogP contribution in [0.3, 0.4) is 0 Å². The van der Waals surface area contributed by atoms with E-state index >= 15 is 0 Å². The molecule has 0 saturated carbocycles. The van der Waals surface area contributed by atoms with Crippen LogP contribution in [0.25, 0.3) is 0 Å². The van der Waals surface area contributed by atoms with Gasteiger partial charge in [0.1, 0.15) is 5.54 Å². The lowest BCUT2D eigenvalue weighted by Gasteiger charge is -2.36. The minimum Gasteiger partial charge on any atom is -0.378 e. The molecule has 0 aliphatic carbocycles. The first kappa shape index (κ1) is 13.1.